The molecular formula is C23H28ClN3O4S. The minimum absolute atomic E-state index is 0.0796. The number of halogens is 1. The fraction of sp³-hybridized carbons (Fsp3) is 0.391. The third kappa shape index (κ3) is 5.88. The van der Waals surface area contributed by atoms with Crippen LogP contribution in [0.4, 0.5) is 0 Å². The van der Waals surface area contributed by atoms with E-state index < -0.39 is 16.1 Å². The van der Waals surface area contributed by atoms with Crippen molar-refractivity contribution in [2.45, 2.75) is 43.7 Å². The molecular weight excluding hydrogens is 450 g/mol. The average molecular weight is 478 g/mol. The van der Waals surface area contributed by atoms with Gasteiger partial charge in [-0.1, -0.05) is 29.8 Å². The van der Waals surface area contributed by atoms with E-state index in [1.54, 1.807) is 36.4 Å². The Balaban J connectivity index is 1.72. The lowest BCUT2D eigenvalue weighted by molar-refractivity contribution is -0.125. The van der Waals surface area contributed by atoms with Crippen LogP contribution in [-0.4, -0.2) is 49.7 Å². The van der Waals surface area contributed by atoms with E-state index >= 15 is 0 Å². The van der Waals surface area contributed by atoms with Crippen LogP contribution in [0.5, 0.6) is 0 Å². The Kier molecular flexibility index (Phi) is 7.92. The van der Waals surface area contributed by atoms with Crippen LogP contribution in [0.2, 0.25) is 5.02 Å². The van der Waals surface area contributed by atoms with E-state index in [4.69, 9.17) is 11.6 Å². The molecule has 9 heteroatoms. The van der Waals surface area contributed by atoms with Crippen LogP contribution in [0, 0.1) is 5.92 Å². The summed E-state index contributed by atoms with van der Waals surface area (Å²) in [5.41, 5.74) is 0.470. The first-order valence-electron chi connectivity index (χ1n) is 10.6. The predicted octanol–water partition coefficient (Wildman–Crippen LogP) is 3.06. The Bertz CT molecular complexity index is 1030. The number of carbonyl (C=O) groups is 2. The van der Waals surface area contributed by atoms with Gasteiger partial charge in [-0.3, -0.25) is 9.59 Å². The van der Waals surface area contributed by atoms with Gasteiger partial charge in [-0.05, 0) is 69.0 Å². The van der Waals surface area contributed by atoms with E-state index in [0.717, 1.165) is 0 Å². The fourth-order valence-electron chi connectivity index (χ4n) is 3.79. The van der Waals surface area contributed by atoms with Crippen molar-refractivity contribution in [1.29, 1.82) is 0 Å². The van der Waals surface area contributed by atoms with Crippen LogP contribution in [0.15, 0.2) is 59.5 Å². The number of hydrogen-bond donors (Lipinski definition) is 2. The summed E-state index contributed by atoms with van der Waals surface area (Å²) in [4.78, 5) is 25.8. The molecule has 1 aliphatic rings. The Hall–Kier alpha value is -2.42. The average Bonchev–Trinajstić information content (AvgIpc) is 2.78. The Labute approximate surface area is 194 Å². The van der Waals surface area contributed by atoms with Crippen LogP contribution in [-0.2, 0) is 14.8 Å². The molecule has 172 valence electrons. The molecule has 2 amide bonds. The van der Waals surface area contributed by atoms with Gasteiger partial charge in [0.05, 0.1) is 4.90 Å². The van der Waals surface area contributed by atoms with E-state index in [9.17, 15) is 18.0 Å². The summed E-state index contributed by atoms with van der Waals surface area (Å²) in [6.07, 6.45) is 0.913. The summed E-state index contributed by atoms with van der Waals surface area (Å²) >= 11 is 5.87. The number of hydrogen-bond acceptors (Lipinski definition) is 4. The lowest BCUT2D eigenvalue weighted by Crippen LogP contribution is -2.54. The number of benzene rings is 2. The number of rotatable bonds is 7. The maximum atomic E-state index is 13.0. The summed E-state index contributed by atoms with van der Waals surface area (Å²) in [6.45, 7) is 4.25. The lowest BCUT2D eigenvalue weighted by Gasteiger charge is -2.35. The van der Waals surface area contributed by atoms with Crippen molar-refractivity contribution in [2.75, 3.05) is 13.1 Å². The highest BCUT2D eigenvalue weighted by Gasteiger charge is 2.36. The van der Waals surface area contributed by atoms with Crippen molar-refractivity contribution >= 4 is 33.4 Å². The van der Waals surface area contributed by atoms with Crippen LogP contribution < -0.4 is 10.6 Å². The first kappa shape index (κ1) is 24.2. The third-order valence-corrected chi connectivity index (χ3v) is 7.62. The van der Waals surface area contributed by atoms with Gasteiger partial charge in [-0.25, -0.2) is 8.42 Å². The zero-order valence-corrected chi connectivity index (χ0v) is 19.7. The smallest absolute Gasteiger partial charge is 0.251 e. The van der Waals surface area contributed by atoms with E-state index in [1.807, 2.05) is 19.9 Å². The van der Waals surface area contributed by atoms with Crippen molar-refractivity contribution in [3.8, 4) is 0 Å². The molecule has 1 aliphatic heterocycles. The molecule has 3 rings (SSSR count). The summed E-state index contributed by atoms with van der Waals surface area (Å²) in [5, 5.41) is 6.21. The zero-order valence-electron chi connectivity index (χ0n) is 18.1. The standard InChI is InChI=1S/C23H28ClN3O4S/c1-16(2)25-23(29)21(26-22(28)18-6-4-3-5-7-18)17-12-14-27(15-13-17)32(30,31)20-10-8-19(24)9-11-20/h3-11,16-17,21H,12-15H2,1-2H3,(H,25,29)(H,26,28)/t21-/m0/s1. The molecule has 1 heterocycles. The third-order valence-electron chi connectivity index (χ3n) is 5.46. The second kappa shape index (κ2) is 10.5. The molecule has 0 unspecified atom stereocenters. The molecule has 32 heavy (non-hydrogen) atoms. The fourth-order valence-corrected chi connectivity index (χ4v) is 5.39. The summed E-state index contributed by atoms with van der Waals surface area (Å²) in [6, 6.07) is 14.0. The summed E-state index contributed by atoms with van der Waals surface area (Å²) in [5.74, 6) is -0.771. The molecule has 1 fully saturated rings. The molecule has 0 spiro atoms. The largest absolute Gasteiger partial charge is 0.352 e. The normalized spacial score (nSPS) is 16.5. The number of nitrogens with zero attached hydrogens (tertiary/aromatic N) is 1. The highest BCUT2D eigenvalue weighted by Crippen LogP contribution is 2.27. The molecule has 1 saturated heterocycles. The van der Waals surface area contributed by atoms with Crippen LogP contribution in [0.1, 0.15) is 37.0 Å². The maximum Gasteiger partial charge on any atom is 0.251 e. The topological polar surface area (TPSA) is 95.6 Å². The Morgan fingerprint density at radius 2 is 1.56 bits per heavy atom. The number of amides is 2. The predicted molar refractivity (Wildman–Crippen MR) is 124 cm³/mol. The van der Waals surface area contributed by atoms with Gasteiger partial charge in [0.15, 0.2) is 0 Å². The minimum Gasteiger partial charge on any atom is -0.352 e. The van der Waals surface area contributed by atoms with Gasteiger partial charge < -0.3 is 10.6 Å². The number of piperidine rings is 1. The van der Waals surface area contributed by atoms with E-state index in [-0.39, 0.29) is 41.8 Å². The molecule has 2 aromatic rings. The minimum atomic E-state index is -3.65. The molecule has 0 radical (unpaired) electrons. The van der Waals surface area contributed by atoms with Gasteiger partial charge in [-0.2, -0.15) is 4.31 Å². The Morgan fingerprint density at radius 3 is 2.12 bits per heavy atom. The first-order chi connectivity index (χ1) is 15.2. The van der Waals surface area contributed by atoms with E-state index in [1.165, 1.54) is 16.4 Å². The highest BCUT2D eigenvalue weighted by molar-refractivity contribution is 7.89. The van der Waals surface area contributed by atoms with Crippen LogP contribution in [0.25, 0.3) is 0 Å². The number of carbonyl (C=O) groups excluding carboxylic acids is 2. The molecule has 0 bridgehead atoms. The second-order valence-electron chi connectivity index (χ2n) is 8.18. The van der Waals surface area contributed by atoms with E-state index in [0.29, 0.717) is 23.4 Å². The van der Waals surface area contributed by atoms with Crippen molar-refractivity contribution in [3.05, 3.63) is 65.2 Å². The highest BCUT2D eigenvalue weighted by atomic mass is 35.5. The molecule has 7 nitrogen and oxygen atoms in total. The Morgan fingerprint density at radius 1 is 0.969 bits per heavy atom. The van der Waals surface area contributed by atoms with Crippen molar-refractivity contribution < 1.29 is 18.0 Å². The van der Waals surface area contributed by atoms with Gasteiger partial charge in [0.1, 0.15) is 6.04 Å². The molecule has 0 aliphatic carbocycles. The zero-order chi connectivity index (χ0) is 23.3. The quantitative estimate of drug-likeness (QED) is 0.640. The van der Waals surface area contributed by atoms with Gasteiger partial charge in [-0.15, -0.1) is 0 Å². The molecule has 0 saturated carbocycles. The first-order valence-corrected chi connectivity index (χ1v) is 12.4. The lowest BCUT2D eigenvalue weighted by atomic mass is 9.89. The van der Waals surface area contributed by atoms with E-state index in [2.05, 4.69) is 10.6 Å². The van der Waals surface area contributed by atoms with Crippen LogP contribution >= 0.6 is 11.6 Å². The monoisotopic (exact) mass is 477 g/mol. The summed E-state index contributed by atoms with van der Waals surface area (Å²) in [7, 11) is -3.65. The van der Waals surface area contributed by atoms with Gasteiger partial charge >= 0.3 is 0 Å². The van der Waals surface area contributed by atoms with Gasteiger partial charge in [0.2, 0.25) is 15.9 Å². The van der Waals surface area contributed by atoms with Crippen molar-refractivity contribution in [3.63, 3.8) is 0 Å². The SMILES string of the molecule is CC(C)NC(=O)[C@@H](NC(=O)c1ccccc1)C1CCN(S(=O)(=O)c2ccc(Cl)cc2)CC1. The summed E-state index contributed by atoms with van der Waals surface area (Å²) < 4.78 is 27.3. The number of nitrogens with one attached hydrogen (secondary N) is 2. The second-order valence-corrected chi connectivity index (χ2v) is 10.6. The van der Waals surface area contributed by atoms with Crippen LogP contribution in [0.3, 0.4) is 0 Å². The number of sulfonamides is 1. The van der Waals surface area contributed by atoms with Gasteiger partial charge in [0.25, 0.3) is 5.91 Å². The molecule has 2 N–H and O–H groups in total. The molecule has 1 atom stereocenters. The molecule has 2 aromatic carbocycles. The molecule has 0 aromatic heterocycles. The van der Waals surface area contributed by atoms with Gasteiger partial charge in [0, 0.05) is 29.7 Å². The van der Waals surface area contributed by atoms with Crippen molar-refractivity contribution in [1.82, 2.24) is 14.9 Å². The maximum absolute atomic E-state index is 13.0. The van der Waals surface area contributed by atoms with Crippen molar-refractivity contribution in [2.24, 2.45) is 5.92 Å².